The summed E-state index contributed by atoms with van der Waals surface area (Å²) in [5.74, 6) is -0.299. The number of carbonyl (C=O) groups is 3. The van der Waals surface area contributed by atoms with Crippen LogP contribution in [0.3, 0.4) is 0 Å². The van der Waals surface area contributed by atoms with Crippen molar-refractivity contribution in [3.8, 4) is 0 Å². The molecule has 7 nitrogen and oxygen atoms in total. The van der Waals surface area contributed by atoms with Crippen LogP contribution in [0.1, 0.15) is 28.9 Å². The Morgan fingerprint density at radius 1 is 0.909 bits per heavy atom. The fourth-order valence-electron chi connectivity index (χ4n) is 4.38. The number of benzene rings is 1. The fraction of sp³-hybridized carbons (Fsp3) is 0.417. The molecular weight excluding hydrogens is 463 g/mol. The monoisotopic (exact) mass is 488 g/mol. The molecule has 0 saturated carbocycles. The molecule has 0 aliphatic carbocycles. The molecule has 2 aromatic rings. The van der Waals surface area contributed by atoms with Crippen molar-refractivity contribution in [2.24, 2.45) is 5.92 Å². The zero-order chi connectivity index (χ0) is 23.4. The summed E-state index contributed by atoms with van der Waals surface area (Å²) in [6.45, 7) is 3.02. The van der Waals surface area contributed by atoms with Gasteiger partial charge in [0.15, 0.2) is 0 Å². The van der Waals surface area contributed by atoms with Crippen LogP contribution in [0.4, 0.5) is 0 Å². The van der Waals surface area contributed by atoms with Gasteiger partial charge in [0.25, 0.3) is 5.91 Å². The average Bonchev–Trinajstić information content (AvgIpc) is 2.85. The highest BCUT2D eigenvalue weighted by Crippen LogP contribution is 2.25. The number of rotatable bonds is 4. The van der Waals surface area contributed by atoms with Gasteiger partial charge in [-0.3, -0.25) is 19.4 Å². The Balaban J connectivity index is 1.30. The standard InChI is InChI=1S/C24H26Cl2N4O3/c25-20-7-6-17(14-21(20)26)23(32)30-9-3-4-18(16-30)24(33)29-12-10-28(11-13-29)22(31)15-19-5-1-2-8-27-19/h1-2,5-8,14,18H,3-4,9-13,15-16H2. The molecule has 0 N–H and O–H groups in total. The zero-order valence-corrected chi connectivity index (χ0v) is 19.8. The molecule has 0 spiro atoms. The van der Waals surface area contributed by atoms with Gasteiger partial charge >= 0.3 is 0 Å². The molecule has 33 heavy (non-hydrogen) atoms. The third-order valence-corrected chi connectivity index (χ3v) is 6.97. The summed E-state index contributed by atoms with van der Waals surface area (Å²) in [4.78, 5) is 48.2. The lowest BCUT2D eigenvalue weighted by atomic mass is 9.95. The van der Waals surface area contributed by atoms with E-state index in [0.29, 0.717) is 54.9 Å². The van der Waals surface area contributed by atoms with Crippen molar-refractivity contribution < 1.29 is 14.4 Å². The number of hydrogen-bond acceptors (Lipinski definition) is 4. The normalized spacial score (nSPS) is 18.8. The number of pyridine rings is 1. The van der Waals surface area contributed by atoms with E-state index in [1.165, 1.54) is 0 Å². The molecule has 3 heterocycles. The Labute approximate surface area is 203 Å². The van der Waals surface area contributed by atoms with E-state index < -0.39 is 0 Å². The lowest BCUT2D eigenvalue weighted by molar-refractivity contribution is -0.142. The molecule has 2 saturated heterocycles. The van der Waals surface area contributed by atoms with Crippen LogP contribution in [0.15, 0.2) is 42.6 Å². The topological polar surface area (TPSA) is 73.8 Å². The second-order valence-corrected chi connectivity index (χ2v) is 9.24. The highest BCUT2D eigenvalue weighted by Gasteiger charge is 2.33. The molecular formula is C24H26Cl2N4O3. The predicted octanol–water partition coefficient (Wildman–Crippen LogP) is 3.15. The maximum Gasteiger partial charge on any atom is 0.253 e. The van der Waals surface area contributed by atoms with Crippen molar-refractivity contribution >= 4 is 40.9 Å². The minimum Gasteiger partial charge on any atom is -0.339 e. The Morgan fingerprint density at radius 2 is 1.67 bits per heavy atom. The molecule has 2 fully saturated rings. The summed E-state index contributed by atoms with van der Waals surface area (Å²) in [6, 6.07) is 10.4. The van der Waals surface area contributed by atoms with Crippen LogP contribution >= 0.6 is 23.2 Å². The summed E-state index contributed by atoms with van der Waals surface area (Å²) < 4.78 is 0. The molecule has 1 aromatic carbocycles. The van der Waals surface area contributed by atoms with Gasteiger partial charge in [0.2, 0.25) is 11.8 Å². The Bertz CT molecular complexity index is 1030. The SMILES string of the molecule is O=C(Cc1ccccn1)N1CCN(C(=O)C2CCCN(C(=O)c3ccc(Cl)c(Cl)c3)C2)CC1. The number of halogens is 2. The fourth-order valence-corrected chi connectivity index (χ4v) is 4.68. The smallest absolute Gasteiger partial charge is 0.253 e. The van der Waals surface area contributed by atoms with Gasteiger partial charge < -0.3 is 14.7 Å². The molecule has 1 aromatic heterocycles. The second kappa shape index (κ2) is 10.5. The Kier molecular flexibility index (Phi) is 7.50. The van der Waals surface area contributed by atoms with Gasteiger partial charge in [-0.2, -0.15) is 0 Å². The van der Waals surface area contributed by atoms with E-state index in [1.807, 2.05) is 23.1 Å². The van der Waals surface area contributed by atoms with Crippen LogP contribution in [0.25, 0.3) is 0 Å². The van der Waals surface area contributed by atoms with E-state index in [0.717, 1.165) is 18.5 Å². The lowest BCUT2D eigenvalue weighted by Crippen LogP contribution is -2.54. The van der Waals surface area contributed by atoms with Gasteiger partial charge in [-0.25, -0.2) is 0 Å². The lowest BCUT2D eigenvalue weighted by Gasteiger charge is -2.39. The van der Waals surface area contributed by atoms with Crippen LogP contribution < -0.4 is 0 Å². The predicted molar refractivity (Wildman–Crippen MR) is 126 cm³/mol. The van der Waals surface area contributed by atoms with Gasteiger partial charge in [0, 0.05) is 56.7 Å². The minimum atomic E-state index is -0.235. The zero-order valence-electron chi connectivity index (χ0n) is 18.3. The number of hydrogen-bond donors (Lipinski definition) is 0. The van der Waals surface area contributed by atoms with Crippen molar-refractivity contribution in [1.29, 1.82) is 0 Å². The maximum absolute atomic E-state index is 13.2. The summed E-state index contributed by atoms with van der Waals surface area (Å²) in [7, 11) is 0. The number of nitrogens with zero attached hydrogens (tertiary/aromatic N) is 4. The summed E-state index contributed by atoms with van der Waals surface area (Å²) >= 11 is 12.0. The van der Waals surface area contributed by atoms with Gasteiger partial charge in [0.05, 0.1) is 22.4 Å². The van der Waals surface area contributed by atoms with E-state index in [-0.39, 0.29) is 30.1 Å². The van der Waals surface area contributed by atoms with Crippen LogP contribution in [0, 0.1) is 5.92 Å². The Hall–Kier alpha value is -2.64. The van der Waals surface area contributed by atoms with Crippen molar-refractivity contribution in [3.63, 3.8) is 0 Å². The highest BCUT2D eigenvalue weighted by molar-refractivity contribution is 6.42. The van der Waals surface area contributed by atoms with Gasteiger partial charge in [-0.15, -0.1) is 0 Å². The molecule has 4 rings (SSSR count). The molecule has 1 unspecified atom stereocenters. The highest BCUT2D eigenvalue weighted by atomic mass is 35.5. The second-order valence-electron chi connectivity index (χ2n) is 8.42. The van der Waals surface area contributed by atoms with Gasteiger partial charge in [-0.05, 0) is 43.2 Å². The molecule has 0 bridgehead atoms. The average molecular weight is 489 g/mol. The third-order valence-electron chi connectivity index (χ3n) is 6.23. The van der Waals surface area contributed by atoms with Crippen LogP contribution in [0.5, 0.6) is 0 Å². The summed E-state index contributed by atoms with van der Waals surface area (Å²) in [5, 5.41) is 0.736. The molecule has 174 valence electrons. The number of aromatic nitrogens is 1. The van der Waals surface area contributed by atoms with E-state index >= 15 is 0 Å². The Morgan fingerprint density at radius 3 is 2.36 bits per heavy atom. The molecule has 3 amide bonds. The quantitative estimate of drug-likeness (QED) is 0.662. The van der Waals surface area contributed by atoms with Gasteiger partial charge in [-0.1, -0.05) is 29.3 Å². The first-order valence-electron chi connectivity index (χ1n) is 11.1. The van der Waals surface area contributed by atoms with Crippen molar-refractivity contribution in [2.45, 2.75) is 19.3 Å². The number of amides is 3. The summed E-state index contributed by atoms with van der Waals surface area (Å²) in [6.07, 6.45) is 3.47. The first-order valence-corrected chi connectivity index (χ1v) is 11.9. The maximum atomic E-state index is 13.2. The number of likely N-dealkylation sites (tertiary alicyclic amines) is 1. The van der Waals surface area contributed by atoms with Crippen LogP contribution in [-0.2, 0) is 16.0 Å². The number of piperazine rings is 1. The van der Waals surface area contributed by atoms with E-state index in [4.69, 9.17) is 23.2 Å². The van der Waals surface area contributed by atoms with Crippen LogP contribution in [0.2, 0.25) is 10.0 Å². The first kappa shape index (κ1) is 23.5. The largest absolute Gasteiger partial charge is 0.339 e. The minimum absolute atomic E-state index is 0.0249. The molecule has 0 radical (unpaired) electrons. The molecule has 9 heteroatoms. The third kappa shape index (κ3) is 5.65. The van der Waals surface area contributed by atoms with E-state index in [9.17, 15) is 14.4 Å². The molecule has 2 aliphatic rings. The van der Waals surface area contributed by atoms with Crippen LogP contribution in [-0.4, -0.2) is 76.7 Å². The van der Waals surface area contributed by atoms with Crippen molar-refractivity contribution in [3.05, 3.63) is 63.9 Å². The number of carbonyl (C=O) groups excluding carboxylic acids is 3. The van der Waals surface area contributed by atoms with Gasteiger partial charge in [0.1, 0.15) is 0 Å². The summed E-state index contributed by atoms with van der Waals surface area (Å²) in [5.41, 5.74) is 1.22. The van der Waals surface area contributed by atoms with E-state index in [1.54, 1.807) is 34.2 Å². The molecule has 2 aliphatic heterocycles. The number of piperidine rings is 1. The van der Waals surface area contributed by atoms with Crippen molar-refractivity contribution in [2.75, 3.05) is 39.3 Å². The first-order chi connectivity index (χ1) is 15.9. The van der Waals surface area contributed by atoms with E-state index in [2.05, 4.69) is 4.98 Å². The van der Waals surface area contributed by atoms with Crippen molar-refractivity contribution in [1.82, 2.24) is 19.7 Å². The molecule has 1 atom stereocenters.